The summed E-state index contributed by atoms with van der Waals surface area (Å²) in [5.74, 6) is 0.883. The number of hydrogen-bond acceptors (Lipinski definition) is 4. The number of hydrogen-bond donors (Lipinski definition) is 2. The van der Waals surface area contributed by atoms with Crippen LogP contribution >= 0.6 is 15.9 Å². The maximum Gasteiger partial charge on any atom is 0.268 e. The van der Waals surface area contributed by atoms with E-state index in [9.17, 15) is 4.79 Å². The van der Waals surface area contributed by atoms with Crippen molar-refractivity contribution in [3.63, 3.8) is 0 Å². The largest absolute Gasteiger partial charge is 0.438 e. The second-order valence-corrected chi connectivity index (χ2v) is 4.42. The normalized spacial score (nSPS) is 10.3. The lowest BCUT2D eigenvalue weighted by Gasteiger charge is -2.06. The molecular formula is C12H12BrN3O2. The van der Waals surface area contributed by atoms with Gasteiger partial charge in [0.15, 0.2) is 0 Å². The Bertz CT molecular complexity index is 581. The van der Waals surface area contributed by atoms with Crippen LogP contribution in [-0.2, 0) is 6.54 Å². The lowest BCUT2D eigenvalue weighted by molar-refractivity contribution is 0.456. The third-order valence-electron chi connectivity index (χ3n) is 2.28. The zero-order valence-electron chi connectivity index (χ0n) is 9.74. The highest BCUT2D eigenvalue weighted by molar-refractivity contribution is 9.10. The molecule has 0 bridgehead atoms. The number of nitrogens with zero attached hydrogens (tertiary/aromatic N) is 1. The first kappa shape index (κ1) is 12.8. The molecule has 2 N–H and O–H groups in total. The molecule has 0 atom stereocenters. The van der Waals surface area contributed by atoms with E-state index < -0.39 is 0 Å². The molecule has 0 aliphatic rings. The fraction of sp³-hybridized carbons (Fsp3) is 0.167. The summed E-state index contributed by atoms with van der Waals surface area (Å²) in [6, 6.07) is 7.57. The summed E-state index contributed by atoms with van der Waals surface area (Å²) < 4.78 is 5.81. The fourth-order valence-electron chi connectivity index (χ4n) is 1.43. The van der Waals surface area contributed by atoms with E-state index in [4.69, 9.17) is 4.74 Å². The second kappa shape index (κ2) is 5.79. The van der Waals surface area contributed by atoms with Crippen LogP contribution in [0.15, 0.2) is 39.9 Å². The van der Waals surface area contributed by atoms with Crippen LogP contribution < -0.4 is 15.6 Å². The Morgan fingerprint density at radius 2 is 2.11 bits per heavy atom. The molecule has 0 saturated heterocycles. The molecule has 1 aromatic heterocycles. The third-order valence-corrected chi connectivity index (χ3v) is 2.98. The number of rotatable bonds is 4. The fourth-order valence-corrected chi connectivity index (χ4v) is 1.73. The van der Waals surface area contributed by atoms with Crippen LogP contribution in [0.4, 0.5) is 0 Å². The van der Waals surface area contributed by atoms with Gasteiger partial charge in [-0.3, -0.25) is 4.79 Å². The van der Waals surface area contributed by atoms with Crippen molar-refractivity contribution < 1.29 is 4.74 Å². The Labute approximate surface area is 112 Å². The Kier molecular flexibility index (Phi) is 4.11. The lowest BCUT2D eigenvalue weighted by Crippen LogP contribution is -2.08. The maximum atomic E-state index is 11.3. The van der Waals surface area contributed by atoms with E-state index >= 15 is 0 Å². The summed E-state index contributed by atoms with van der Waals surface area (Å²) in [4.78, 5) is 17.7. The molecular weight excluding hydrogens is 298 g/mol. The zero-order valence-corrected chi connectivity index (χ0v) is 11.3. The first-order chi connectivity index (χ1) is 8.70. The van der Waals surface area contributed by atoms with Crippen LogP contribution in [0.5, 0.6) is 11.6 Å². The molecule has 1 aromatic carbocycles. The molecule has 0 aliphatic heterocycles. The number of aromatic nitrogens is 2. The summed E-state index contributed by atoms with van der Waals surface area (Å²) in [6.45, 7) is 0.799. The molecule has 0 unspecified atom stereocenters. The smallest absolute Gasteiger partial charge is 0.268 e. The van der Waals surface area contributed by atoms with Gasteiger partial charge in [0.1, 0.15) is 10.2 Å². The van der Waals surface area contributed by atoms with Crippen molar-refractivity contribution in [3.05, 3.63) is 51.0 Å². The minimum Gasteiger partial charge on any atom is -0.438 e. The van der Waals surface area contributed by atoms with Crippen LogP contribution in [-0.4, -0.2) is 17.0 Å². The van der Waals surface area contributed by atoms with Gasteiger partial charge in [0.05, 0.1) is 6.33 Å². The van der Waals surface area contributed by atoms with E-state index in [1.165, 1.54) is 6.33 Å². The van der Waals surface area contributed by atoms with E-state index in [1.54, 1.807) is 0 Å². The van der Waals surface area contributed by atoms with Gasteiger partial charge in [-0.25, -0.2) is 4.98 Å². The van der Waals surface area contributed by atoms with E-state index in [-0.39, 0.29) is 15.9 Å². The van der Waals surface area contributed by atoms with Gasteiger partial charge in [0, 0.05) is 6.54 Å². The predicted molar refractivity (Wildman–Crippen MR) is 71.8 cm³/mol. The first-order valence-electron chi connectivity index (χ1n) is 5.35. The number of nitrogens with one attached hydrogen (secondary N) is 2. The molecule has 5 nitrogen and oxygen atoms in total. The van der Waals surface area contributed by atoms with Gasteiger partial charge in [0.25, 0.3) is 5.56 Å². The summed E-state index contributed by atoms with van der Waals surface area (Å²) >= 11 is 3.14. The van der Waals surface area contributed by atoms with E-state index in [0.29, 0.717) is 5.75 Å². The highest BCUT2D eigenvalue weighted by Gasteiger charge is 2.07. The molecule has 2 aromatic rings. The van der Waals surface area contributed by atoms with Crippen LogP contribution in [0.2, 0.25) is 0 Å². The third kappa shape index (κ3) is 2.96. The number of halogens is 1. The van der Waals surface area contributed by atoms with Gasteiger partial charge in [0.2, 0.25) is 5.88 Å². The highest BCUT2D eigenvalue weighted by Crippen LogP contribution is 2.24. The van der Waals surface area contributed by atoms with Crippen molar-refractivity contribution in [1.82, 2.24) is 15.3 Å². The molecule has 6 heteroatoms. The number of aromatic amines is 1. The molecule has 0 radical (unpaired) electrons. The predicted octanol–water partition coefficient (Wildman–Crippen LogP) is 2.04. The van der Waals surface area contributed by atoms with E-state index in [2.05, 4.69) is 31.2 Å². The van der Waals surface area contributed by atoms with Gasteiger partial charge in [-0.2, -0.15) is 0 Å². The topological polar surface area (TPSA) is 67.0 Å². The molecule has 1 heterocycles. The minimum absolute atomic E-state index is 0.250. The molecule has 0 saturated carbocycles. The molecule has 94 valence electrons. The van der Waals surface area contributed by atoms with Gasteiger partial charge in [-0.05, 0) is 40.7 Å². The van der Waals surface area contributed by atoms with Gasteiger partial charge >= 0.3 is 0 Å². The maximum absolute atomic E-state index is 11.3. The van der Waals surface area contributed by atoms with Crippen LogP contribution in [0.3, 0.4) is 0 Å². The molecule has 18 heavy (non-hydrogen) atoms. The SMILES string of the molecule is CNCc1ccc(Oc2nc[nH]c(=O)c2Br)cc1. The molecule has 0 aliphatic carbocycles. The summed E-state index contributed by atoms with van der Waals surface area (Å²) in [5, 5.41) is 3.06. The van der Waals surface area contributed by atoms with Crippen molar-refractivity contribution in [2.24, 2.45) is 0 Å². The van der Waals surface area contributed by atoms with Crippen molar-refractivity contribution in [1.29, 1.82) is 0 Å². The Hall–Kier alpha value is -1.66. The van der Waals surface area contributed by atoms with Crippen molar-refractivity contribution >= 4 is 15.9 Å². The van der Waals surface area contributed by atoms with Crippen LogP contribution in [0.25, 0.3) is 0 Å². The standard InChI is InChI=1S/C12H12BrN3O2/c1-14-6-8-2-4-9(5-3-8)18-12-10(13)11(17)15-7-16-12/h2-5,7,14H,6H2,1H3,(H,15,16,17). The number of benzene rings is 1. The van der Waals surface area contributed by atoms with E-state index in [0.717, 1.165) is 12.1 Å². The number of ether oxygens (including phenoxy) is 1. The van der Waals surface area contributed by atoms with Crippen LogP contribution in [0.1, 0.15) is 5.56 Å². The summed E-state index contributed by atoms with van der Waals surface area (Å²) in [7, 11) is 1.89. The Morgan fingerprint density at radius 3 is 2.78 bits per heavy atom. The van der Waals surface area contributed by atoms with Gasteiger partial charge in [-0.15, -0.1) is 0 Å². The average Bonchev–Trinajstić information content (AvgIpc) is 2.38. The van der Waals surface area contributed by atoms with Gasteiger partial charge in [-0.1, -0.05) is 12.1 Å². The summed E-state index contributed by atoms with van der Waals surface area (Å²) in [5.41, 5.74) is 0.884. The Morgan fingerprint density at radius 1 is 1.39 bits per heavy atom. The highest BCUT2D eigenvalue weighted by atomic mass is 79.9. The molecule has 0 amide bonds. The van der Waals surface area contributed by atoms with Crippen molar-refractivity contribution in [2.75, 3.05) is 7.05 Å². The summed E-state index contributed by atoms with van der Waals surface area (Å²) in [6.07, 6.45) is 1.30. The monoisotopic (exact) mass is 309 g/mol. The lowest BCUT2D eigenvalue weighted by atomic mass is 10.2. The van der Waals surface area contributed by atoms with E-state index in [1.807, 2.05) is 31.3 Å². The zero-order chi connectivity index (χ0) is 13.0. The van der Waals surface area contributed by atoms with Crippen molar-refractivity contribution in [3.8, 4) is 11.6 Å². The first-order valence-corrected chi connectivity index (χ1v) is 6.14. The van der Waals surface area contributed by atoms with Gasteiger partial charge < -0.3 is 15.0 Å². The van der Waals surface area contributed by atoms with Crippen LogP contribution in [0, 0.1) is 0 Å². The van der Waals surface area contributed by atoms with Crippen molar-refractivity contribution in [2.45, 2.75) is 6.54 Å². The minimum atomic E-state index is -0.271. The number of H-pyrrole nitrogens is 1. The average molecular weight is 310 g/mol. The quantitative estimate of drug-likeness (QED) is 0.907. The second-order valence-electron chi connectivity index (χ2n) is 3.63. The molecule has 2 rings (SSSR count). The molecule has 0 fully saturated rings. The Balaban J connectivity index is 2.18. The molecule has 0 spiro atoms.